The summed E-state index contributed by atoms with van der Waals surface area (Å²) in [6.45, 7) is 1.62. The first-order valence-electron chi connectivity index (χ1n) is 10.1. The van der Waals surface area contributed by atoms with Crippen LogP contribution in [0.1, 0.15) is 32.1 Å². The molecule has 0 radical (unpaired) electrons. The van der Waals surface area contributed by atoms with Crippen LogP contribution >= 0.6 is 0 Å². The van der Waals surface area contributed by atoms with Gasteiger partial charge in [-0.2, -0.15) is 0 Å². The summed E-state index contributed by atoms with van der Waals surface area (Å²) in [5.41, 5.74) is 1.44. The van der Waals surface area contributed by atoms with Gasteiger partial charge in [0.05, 0.1) is 4.90 Å². The fourth-order valence-corrected chi connectivity index (χ4v) is 6.92. The van der Waals surface area contributed by atoms with Crippen molar-refractivity contribution in [3.05, 3.63) is 54.6 Å². The van der Waals surface area contributed by atoms with E-state index in [1.165, 1.54) is 12.1 Å². The Hall–Kier alpha value is -2.42. The minimum absolute atomic E-state index is 0.0532. The summed E-state index contributed by atoms with van der Waals surface area (Å²) in [5, 5.41) is 12.7. The molecule has 1 aliphatic heterocycles. The van der Waals surface area contributed by atoms with E-state index in [1.54, 1.807) is 17.6 Å². The Morgan fingerprint density at radius 2 is 1.57 bits per heavy atom. The molecule has 4 rings (SSSR count). The largest absolute Gasteiger partial charge is 0.457 e. The summed E-state index contributed by atoms with van der Waals surface area (Å²) in [7, 11) is -4.02. The highest BCUT2D eigenvalue weighted by Gasteiger charge is 2.60. The zero-order valence-electron chi connectivity index (χ0n) is 16.6. The summed E-state index contributed by atoms with van der Waals surface area (Å²) in [4.78, 5) is 12.8. The second-order valence-electron chi connectivity index (χ2n) is 8.25. The van der Waals surface area contributed by atoms with Crippen LogP contribution < -0.4 is 15.5 Å². The van der Waals surface area contributed by atoms with Crippen LogP contribution in [0.15, 0.2) is 59.5 Å². The molecule has 1 saturated carbocycles. The molecule has 1 amide bonds. The monoisotopic (exact) mass is 430 g/mol. The normalized spacial score (nSPS) is 23.2. The molecule has 1 unspecified atom stereocenters. The Balaban J connectivity index is 1.63. The smallest absolute Gasteiger partial charge is 0.265 e. The van der Waals surface area contributed by atoms with E-state index in [1.807, 2.05) is 30.3 Å². The quantitative estimate of drug-likeness (QED) is 0.497. The van der Waals surface area contributed by atoms with Gasteiger partial charge in [0.2, 0.25) is 0 Å². The Morgan fingerprint density at radius 1 is 0.933 bits per heavy atom. The summed E-state index contributed by atoms with van der Waals surface area (Å²) in [6, 6.07) is 15.3. The molecule has 1 aliphatic carbocycles. The van der Waals surface area contributed by atoms with Crippen LogP contribution in [-0.2, 0) is 14.6 Å². The average Bonchev–Trinajstić information content (AvgIpc) is 3.15. The van der Waals surface area contributed by atoms with Gasteiger partial charge in [-0.1, -0.05) is 18.2 Å². The third-order valence-electron chi connectivity index (χ3n) is 6.53. The maximum absolute atomic E-state index is 13.6. The highest BCUT2D eigenvalue weighted by atomic mass is 32.2. The van der Waals surface area contributed by atoms with Crippen LogP contribution in [-0.4, -0.2) is 37.4 Å². The van der Waals surface area contributed by atoms with Crippen molar-refractivity contribution < 1.29 is 23.2 Å². The zero-order valence-corrected chi connectivity index (χ0v) is 17.5. The van der Waals surface area contributed by atoms with Gasteiger partial charge < -0.3 is 10.1 Å². The first kappa shape index (κ1) is 20.8. The van der Waals surface area contributed by atoms with Gasteiger partial charge in [0.1, 0.15) is 11.5 Å². The average molecular weight is 431 g/mol. The molecule has 0 aromatic heterocycles. The number of hydrogen-bond donors (Lipinski definition) is 3. The molecule has 30 heavy (non-hydrogen) atoms. The molecular formula is C22H26N2O5S. The summed E-state index contributed by atoms with van der Waals surface area (Å²) < 4.78 is 31.3. The molecule has 2 aromatic rings. The number of nitrogens with one attached hydrogen (secondary N) is 2. The lowest BCUT2D eigenvalue weighted by atomic mass is 9.77. The van der Waals surface area contributed by atoms with Gasteiger partial charge >= 0.3 is 0 Å². The molecule has 1 atom stereocenters. The van der Waals surface area contributed by atoms with Crippen LogP contribution in [0.3, 0.4) is 0 Å². The molecule has 0 bridgehead atoms. The van der Waals surface area contributed by atoms with E-state index in [0.717, 1.165) is 25.9 Å². The van der Waals surface area contributed by atoms with Gasteiger partial charge in [-0.3, -0.25) is 10.0 Å². The molecule has 2 aromatic carbocycles. The molecule has 3 N–H and O–H groups in total. The van der Waals surface area contributed by atoms with Gasteiger partial charge in [-0.05, 0) is 87.0 Å². The number of amides is 1. The lowest BCUT2D eigenvalue weighted by Gasteiger charge is -2.36. The zero-order chi connectivity index (χ0) is 21.2. The molecule has 160 valence electrons. The van der Waals surface area contributed by atoms with E-state index < -0.39 is 20.5 Å². The fraction of sp³-hybridized carbons (Fsp3) is 0.409. The van der Waals surface area contributed by atoms with Gasteiger partial charge in [-0.15, -0.1) is 0 Å². The van der Waals surface area contributed by atoms with Gasteiger partial charge in [0.25, 0.3) is 5.91 Å². The van der Waals surface area contributed by atoms with Crippen LogP contribution in [0.5, 0.6) is 11.5 Å². The number of carbonyl (C=O) groups excluding carboxylic acids is 1. The van der Waals surface area contributed by atoms with E-state index in [-0.39, 0.29) is 23.2 Å². The highest BCUT2D eigenvalue weighted by Crippen LogP contribution is 2.54. The van der Waals surface area contributed by atoms with Crippen molar-refractivity contribution in [1.29, 1.82) is 0 Å². The van der Waals surface area contributed by atoms with Gasteiger partial charge in [-0.25, -0.2) is 13.9 Å². The number of benzene rings is 2. The van der Waals surface area contributed by atoms with Crippen molar-refractivity contribution >= 4 is 15.7 Å². The Kier molecular flexibility index (Phi) is 5.57. The molecule has 2 fully saturated rings. The van der Waals surface area contributed by atoms with Crippen molar-refractivity contribution in [2.75, 3.05) is 13.1 Å². The second-order valence-corrected chi connectivity index (χ2v) is 10.5. The number of hydrogen-bond acceptors (Lipinski definition) is 6. The number of rotatable bonds is 5. The molecule has 7 nitrogen and oxygen atoms in total. The SMILES string of the molecule is O=C(NO)C1(S(=O)(=O)c2ccc(Oc3ccccc3)cc2)CCC2(CCNCC2)C1. The molecule has 1 spiro atoms. The van der Waals surface area contributed by atoms with Crippen molar-refractivity contribution in [2.24, 2.45) is 5.41 Å². The molecule has 2 aliphatic rings. The number of sulfone groups is 1. The van der Waals surface area contributed by atoms with Crippen molar-refractivity contribution in [3.63, 3.8) is 0 Å². The Labute approximate surface area is 176 Å². The molecular weight excluding hydrogens is 404 g/mol. The maximum Gasteiger partial charge on any atom is 0.265 e. The Morgan fingerprint density at radius 3 is 2.20 bits per heavy atom. The number of para-hydroxylation sites is 1. The summed E-state index contributed by atoms with van der Waals surface area (Å²) in [5.74, 6) is 0.303. The van der Waals surface area contributed by atoms with E-state index in [2.05, 4.69) is 5.32 Å². The van der Waals surface area contributed by atoms with Crippen LogP contribution in [0.25, 0.3) is 0 Å². The first-order valence-corrected chi connectivity index (χ1v) is 11.6. The number of hydroxylamine groups is 1. The first-order chi connectivity index (χ1) is 14.4. The van der Waals surface area contributed by atoms with Crippen molar-refractivity contribution in [2.45, 2.75) is 41.7 Å². The summed E-state index contributed by atoms with van der Waals surface area (Å²) >= 11 is 0. The van der Waals surface area contributed by atoms with Crippen molar-refractivity contribution in [1.82, 2.24) is 10.8 Å². The third-order valence-corrected chi connectivity index (χ3v) is 8.98. The number of piperidine rings is 1. The van der Waals surface area contributed by atoms with Crippen molar-refractivity contribution in [3.8, 4) is 11.5 Å². The highest BCUT2D eigenvalue weighted by molar-refractivity contribution is 7.93. The number of carbonyl (C=O) groups is 1. The van der Waals surface area contributed by atoms with E-state index in [0.29, 0.717) is 17.9 Å². The van der Waals surface area contributed by atoms with Crippen LogP contribution in [0.4, 0.5) is 0 Å². The lowest BCUT2D eigenvalue weighted by molar-refractivity contribution is -0.132. The minimum atomic E-state index is -4.02. The molecule has 8 heteroatoms. The standard InChI is InChI=1S/C22H26N2O5S/c25-20(24-26)22(11-10-21(16-22)12-14-23-15-13-21)30(27,28)19-8-6-18(7-9-19)29-17-4-2-1-3-5-17/h1-9,23,26H,10-16H2,(H,24,25). The third kappa shape index (κ3) is 3.59. The van der Waals surface area contributed by atoms with Crippen LogP contribution in [0, 0.1) is 5.41 Å². The maximum atomic E-state index is 13.6. The molecule has 1 heterocycles. The van der Waals surface area contributed by atoms with E-state index in [4.69, 9.17) is 4.74 Å². The predicted octanol–water partition coefficient (Wildman–Crippen LogP) is 3.05. The van der Waals surface area contributed by atoms with Crippen LogP contribution in [0.2, 0.25) is 0 Å². The van der Waals surface area contributed by atoms with E-state index in [9.17, 15) is 18.4 Å². The lowest BCUT2D eigenvalue weighted by Crippen LogP contribution is -2.51. The summed E-state index contributed by atoms with van der Waals surface area (Å²) in [6.07, 6.45) is 2.72. The predicted molar refractivity (Wildman–Crippen MR) is 111 cm³/mol. The molecule has 1 saturated heterocycles. The second kappa shape index (κ2) is 8.02. The minimum Gasteiger partial charge on any atom is -0.457 e. The number of ether oxygens (including phenoxy) is 1. The van der Waals surface area contributed by atoms with Gasteiger partial charge in [0.15, 0.2) is 14.6 Å². The fourth-order valence-electron chi connectivity index (χ4n) is 4.82. The Bertz CT molecular complexity index is 1000. The van der Waals surface area contributed by atoms with Gasteiger partial charge in [0, 0.05) is 0 Å². The topological polar surface area (TPSA) is 105 Å². The van der Waals surface area contributed by atoms with E-state index >= 15 is 0 Å².